The van der Waals surface area contributed by atoms with Crippen molar-refractivity contribution < 1.29 is 19.0 Å². The lowest BCUT2D eigenvalue weighted by atomic mass is 10.0. The number of hydrogen-bond donors (Lipinski definition) is 1. The minimum Gasteiger partial charge on any atom is -0.468 e. The zero-order chi connectivity index (χ0) is 13.7. The van der Waals surface area contributed by atoms with E-state index in [1.54, 1.807) is 0 Å². The lowest BCUT2D eigenvalue weighted by Gasteiger charge is -2.29. The average Bonchev–Trinajstić information content (AvgIpc) is 3.22. The van der Waals surface area contributed by atoms with Gasteiger partial charge in [-0.25, -0.2) is 4.79 Å². The van der Waals surface area contributed by atoms with Gasteiger partial charge in [-0.15, -0.1) is 0 Å². The van der Waals surface area contributed by atoms with E-state index in [1.165, 1.54) is 13.5 Å². The van der Waals surface area contributed by atoms with Gasteiger partial charge < -0.3 is 14.2 Å². The van der Waals surface area contributed by atoms with Crippen LogP contribution in [0.4, 0.5) is 0 Å². The molecule has 0 aromatic carbocycles. The highest BCUT2D eigenvalue weighted by atomic mass is 16.5. The molecule has 19 heavy (non-hydrogen) atoms. The van der Waals surface area contributed by atoms with Crippen molar-refractivity contribution in [1.82, 2.24) is 5.32 Å². The van der Waals surface area contributed by atoms with Crippen molar-refractivity contribution in [2.24, 2.45) is 0 Å². The van der Waals surface area contributed by atoms with Gasteiger partial charge in [0.05, 0.1) is 26.4 Å². The van der Waals surface area contributed by atoms with Gasteiger partial charge in [-0.3, -0.25) is 5.32 Å². The Bertz CT molecular complexity index is 300. The molecule has 0 bridgehead atoms. The monoisotopic (exact) mass is 271 g/mol. The zero-order valence-corrected chi connectivity index (χ0v) is 11.9. The minimum absolute atomic E-state index is 0.177. The van der Waals surface area contributed by atoms with Gasteiger partial charge in [-0.05, 0) is 39.0 Å². The molecule has 0 spiro atoms. The molecule has 0 amide bonds. The van der Waals surface area contributed by atoms with Crippen LogP contribution < -0.4 is 5.32 Å². The van der Waals surface area contributed by atoms with Gasteiger partial charge in [0.1, 0.15) is 5.54 Å². The van der Waals surface area contributed by atoms with Gasteiger partial charge in [0, 0.05) is 12.6 Å². The Morgan fingerprint density at radius 2 is 2.16 bits per heavy atom. The maximum Gasteiger partial charge on any atom is 0.328 e. The highest BCUT2D eigenvalue weighted by Gasteiger charge is 2.39. The van der Waals surface area contributed by atoms with Crippen molar-refractivity contribution in [2.75, 3.05) is 26.9 Å². The smallest absolute Gasteiger partial charge is 0.328 e. The van der Waals surface area contributed by atoms with Crippen LogP contribution in [-0.2, 0) is 19.0 Å². The number of esters is 1. The molecule has 1 saturated carbocycles. The molecule has 1 saturated heterocycles. The lowest BCUT2D eigenvalue weighted by molar-refractivity contribution is -0.151. The van der Waals surface area contributed by atoms with Crippen LogP contribution in [-0.4, -0.2) is 50.6 Å². The fraction of sp³-hybridized carbons (Fsp3) is 0.929. The second-order valence-electron chi connectivity index (χ2n) is 5.75. The van der Waals surface area contributed by atoms with E-state index in [9.17, 15) is 4.79 Å². The molecule has 2 atom stereocenters. The molecule has 0 radical (unpaired) electrons. The van der Waals surface area contributed by atoms with E-state index in [-0.39, 0.29) is 12.1 Å². The summed E-state index contributed by atoms with van der Waals surface area (Å²) in [5.41, 5.74) is -0.745. The van der Waals surface area contributed by atoms with Gasteiger partial charge in [0.15, 0.2) is 0 Å². The number of methoxy groups -OCH3 is 1. The van der Waals surface area contributed by atoms with Crippen molar-refractivity contribution >= 4 is 5.97 Å². The van der Waals surface area contributed by atoms with Crippen LogP contribution in [0, 0.1) is 0 Å². The lowest BCUT2D eigenvalue weighted by Crippen LogP contribution is -2.55. The number of hydrogen-bond acceptors (Lipinski definition) is 5. The summed E-state index contributed by atoms with van der Waals surface area (Å²) in [6.07, 6.45) is 5.81. The standard InChI is InChI=1S/C14H25NO4/c1-14(13(16)17-2,15-11-6-7-11)10-18-9-12-5-3-4-8-19-12/h11-12,15H,3-10H2,1-2H3. The van der Waals surface area contributed by atoms with Gasteiger partial charge in [-0.1, -0.05) is 0 Å². The minimum atomic E-state index is -0.745. The van der Waals surface area contributed by atoms with E-state index in [4.69, 9.17) is 14.2 Å². The first-order valence-electron chi connectivity index (χ1n) is 7.19. The first-order chi connectivity index (χ1) is 9.14. The Hall–Kier alpha value is -0.650. The molecule has 2 fully saturated rings. The third kappa shape index (κ3) is 4.44. The first-order valence-corrected chi connectivity index (χ1v) is 7.19. The largest absolute Gasteiger partial charge is 0.468 e. The molecule has 0 aromatic heterocycles. The summed E-state index contributed by atoms with van der Waals surface area (Å²) in [4.78, 5) is 11.9. The van der Waals surface area contributed by atoms with Crippen LogP contribution in [0.15, 0.2) is 0 Å². The third-order valence-electron chi connectivity index (χ3n) is 3.70. The second-order valence-corrected chi connectivity index (χ2v) is 5.75. The van der Waals surface area contributed by atoms with Crippen LogP contribution in [0.1, 0.15) is 39.0 Å². The Labute approximate surface area is 115 Å². The predicted molar refractivity (Wildman–Crippen MR) is 71.0 cm³/mol. The van der Waals surface area contributed by atoms with Gasteiger partial charge in [-0.2, -0.15) is 0 Å². The maximum absolute atomic E-state index is 11.9. The molecular weight excluding hydrogens is 246 g/mol. The molecule has 0 aromatic rings. The summed E-state index contributed by atoms with van der Waals surface area (Å²) in [5, 5.41) is 3.32. The van der Waals surface area contributed by atoms with E-state index < -0.39 is 5.54 Å². The molecule has 1 aliphatic carbocycles. The predicted octanol–water partition coefficient (Wildman–Crippen LogP) is 1.26. The van der Waals surface area contributed by atoms with Crippen LogP contribution in [0.25, 0.3) is 0 Å². The fourth-order valence-corrected chi connectivity index (χ4v) is 2.40. The number of nitrogens with one attached hydrogen (secondary N) is 1. The average molecular weight is 271 g/mol. The molecule has 1 aliphatic heterocycles. The van der Waals surface area contributed by atoms with E-state index in [2.05, 4.69) is 5.32 Å². The Balaban J connectivity index is 1.76. The van der Waals surface area contributed by atoms with Crippen molar-refractivity contribution in [3.8, 4) is 0 Å². The molecule has 110 valence electrons. The summed E-state index contributed by atoms with van der Waals surface area (Å²) in [6.45, 7) is 3.55. The van der Waals surface area contributed by atoms with Gasteiger partial charge >= 0.3 is 5.97 Å². The molecule has 5 heteroatoms. The van der Waals surface area contributed by atoms with Gasteiger partial charge in [0.2, 0.25) is 0 Å². The van der Waals surface area contributed by atoms with Gasteiger partial charge in [0.25, 0.3) is 0 Å². The summed E-state index contributed by atoms with van der Waals surface area (Å²) < 4.78 is 16.2. The second kappa shape index (κ2) is 6.68. The molecule has 1 heterocycles. The SMILES string of the molecule is COC(=O)C(C)(COCC1CCCCO1)NC1CC1. The highest BCUT2D eigenvalue weighted by molar-refractivity contribution is 5.80. The topological polar surface area (TPSA) is 56.8 Å². The normalized spacial score (nSPS) is 26.7. The summed E-state index contributed by atoms with van der Waals surface area (Å²) >= 11 is 0. The summed E-state index contributed by atoms with van der Waals surface area (Å²) in [5.74, 6) is -0.260. The molecule has 1 N–H and O–H groups in total. The van der Waals surface area contributed by atoms with Crippen LogP contribution in [0.5, 0.6) is 0 Å². The van der Waals surface area contributed by atoms with Crippen molar-refractivity contribution in [3.05, 3.63) is 0 Å². The molecule has 5 nitrogen and oxygen atoms in total. The molecule has 2 unspecified atom stereocenters. The van der Waals surface area contributed by atoms with Crippen LogP contribution in [0.3, 0.4) is 0 Å². The van der Waals surface area contributed by atoms with Crippen LogP contribution in [0.2, 0.25) is 0 Å². The number of carbonyl (C=O) groups excluding carboxylic acids is 1. The Morgan fingerprint density at radius 3 is 2.74 bits per heavy atom. The quantitative estimate of drug-likeness (QED) is 0.706. The van der Waals surface area contributed by atoms with Crippen molar-refractivity contribution in [1.29, 1.82) is 0 Å². The first kappa shape index (κ1) is 14.8. The zero-order valence-electron chi connectivity index (χ0n) is 11.9. The summed E-state index contributed by atoms with van der Waals surface area (Å²) in [6, 6.07) is 0.429. The Kier molecular flexibility index (Phi) is 5.19. The summed E-state index contributed by atoms with van der Waals surface area (Å²) in [7, 11) is 1.42. The van der Waals surface area contributed by atoms with E-state index in [0.29, 0.717) is 19.3 Å². The van der Waals surface area contributed by atoms with Crippen molar-refractivity contribution in [3.63, 3.8) is 0 Å². The number of ether oxygens (including phenoxy) is 3. The molecule has 2 rings (SSSR count). The number of carbonyl (C=O) groups is 1. The Morgan fingerprint density at radius 1 is 1.37 bits per heavy atom. The maximum atomic E-state index is 11.9. The highest BCUT2D eigenvalue weighted by Crippen LogP contribution is 2.23. The van der Waals surface area contributed by atoms with Crippen LogP contribution >= 0.6 is 0 Å². The number of rotatable bonds is 7. The van der Waals surface area contributed by atoms with E-state index >= 15 is 0 Å². The van der Waals surface area contributed by atoms with E-state index in [1.807, 2.05) is 6.92 Å². The molecule has 2 aliphatic rings. The fourth-order valence-electron chi connectivity index (χ4n) is 2.40. The van der Waals surface area contributed by atoms with E-state index in [0.717, 1.165) is 32.3 Å². The van der Waals surface area contributed by atoms with Crippen molar-refractivity contribution in [2.45, 2.75) is 56.7 Å². The third-order valence-corrected chi connectivity index (χ3v) is 3.70. The molecular formula is C14H25NO4.